The maximum absolute atomic E-state index is 18.9. The highest BCUT2D eigenvalue weighted by atomic mass is 32.2. The van der Waals surface area contributed by atoms with Crippen LogP contribution in [0.5, 0.6) is 0 Å². The van der Waals surface area contributed by atoms with E-state index >= 15 is 8.78 Å². The normalized spacial score (nSPS) is 12.4. The highest BCUT2D eigenvalue weighted by Crippen LogP contribution is 2.58. The van der Waals surface area contributed by atoms with E-state index in [4.69, 9.17) is 0 Å². The van der Waals surface area contributed by atoms with Crippen molar-refractivity contribution in [2.75, 3.05) is 24.5 Å². The van der Waals surface area contributed by atoms with Gasteiger partial charge in [-0.05, 0) is 151 Å². The van der Waals surface area contributed by atoms with Gasteiger partial charge in [-0.1, -0.05) is 418 Å². The molecule has 20 aromatic rings. The van der Waals surface area contributed by atoms with Gasteiger partial charge in [-0.2, -0.15) is 0 Å². The molecule has 4 aliphatic rings. The van der Waals surface area contributed by atoms with Gasteiger partial charge >= 0.3 is 0 Å². The van der Waals surface area contributed by atoms with Crippen LogP contribution >= 0.6 is 11.8 Å². The first-order valence-corrected chi connectivity index (χ1v) is 45.1. The number of benzene rings is 20. The Morgan fingerprint density at radius 3 is 0.823 bits per heavy atom. The van der Waals surface area contributed by atoms with Crippen LogP contribution in [-0.4, -0.2) is 13.4 Å². The lowest BCUT2D eigenvalue weighted by atomic mass is 9.31. The van der Waals surface area contributed by atoms with Crippen molar-refractivity contribution in [3.05, 3.63) is 491 Å². The van der Waals surface area contributed by atoms with Crippen molar-refractivity contribution < 1.29 is 8.78 Å². The fourth-order valence-electron chi connectivity index (χ4n) is 20.7. The predicted molar refractivity (Wildman–Crippen MR) is 543 cm³/mol. The average molecular weight is 1680 g/mol. The Balaban J connectivity index is 0.827. The number of halogens is 2. The Kier molecular flexibility index (Phi) is 19.4. The van der Waals surface area contributed by atoms with E-state index in [1.54, 1.807) is 11.8 Å². The van der Waals surface area contributed by atoms with Crippen molar-refractivity contribution in [2.45, 2.75) is 9.79 Å². The molecule has 0 aromatic heterocycles. The van der Waals surface area contributed by atoms with Gasteiger partial charge in [-0.3, -0.25) is 0 Å². The van der Waals surface area contributed by atoms with Gasteiger partial charge in [0, 0.05) is 105 Å². The molecule has 20 aromatic carbocycles. The SMILES string of the molecule is Fc1cccc(F)c1N1c2cc3c(cc2B2c4ccccc4N(c4c(-c5ccccc5)cccc4-c4ccccc4)c4cc(N(c5ccccc5)c5c(-c6ccccc6)cccc5-c5ccccc5)cc1c42)B1c2ccccc2N(c2c(-c4ccccc4)cccc2-c2ccccc2)c2cc(N(c4ccccc4)c4c(-c5ccccc5)cccc4-c4ccccc4)cc(c21)S3. The maximum atomic E-state index is 18.9. The van der Waals surface area contributed by atoms with Gasteiger partial charge < -0.3 is 24.5 Å². The Morgan fingerprint density at radius 1 is 0.192 bits per heavy atom. The minimum atomic E-state index is -0.707. The second-order valence-electron chi connectivity index (χ2n) is 33.5. The van der Waals surface area contributed by atoms with Crippen molar-refractivity contribution in [1.29, 1.82) is 0 Å². The van der Waals surface area contributed by atoms with E-state index in [0.29, 0.717) is 11.4 Å². The van der Waals surface area contributed by atoms with Crippen LogP contribution in [0.4, 0.5) is 94.1 Å². The van der Waals surface area contributed by atoms with Crippen LogP contribution in [-0.2, 0) is 0 Å². The molecule has 0 unspecified atom stereocenters. The van der Waals surface area contributed by atoms with E-state index in [2.05, 4.69) is 481 Å². The number of anilines is 15. The van der Waals surface area contributed by atoms with Crippen LogP contribution in [0.25, 0.3) is 89.0 Å². The summed E-state index contributed by atoms with van der Waals surface area (Å²) >= 11 is 1.73. The molecular weight excluding hydrogens is 1600 g/mol. The van der Waals surface area contributed by atoms with E-state index in [1.807, 2.05) is 4.90 Å². The summed E-state index contributed by atoms with van der Waals surface area (Å²) in [5.41, 5.74) is 35.2. The van der Waals surface area contributed by atoms with E-state index < -0.39 is 25.1 Å². The molecule has 0 bridgehead atoms. The molecule has 4 heterocycles. The van der Waals surface area contributed by atoms with Gasteiger partial charge in [-0.25, -0.2) is 8.78 Å². The van der Waals surface area contributed by atoms with Crippen LogP contribution in [0.2, 0.25) is 0 Å². The summed E-state index contributed by atoms with van der Waals surface area (Å²) in [4.78, 5) is 13.9. The number of para-hydroxylation sites is 9. The van der Waals surface area contributed by atoms with Crippen molar-refractivity contribution in [3.8, 4) is 89.0 Å². The van der Waals surface area contributed by atoms with Crippen LogP contribution in [0, 0.1) is 11.6 Å². The van der Waals surface area contributed by atoms with E-state index in [9.17, 15) is 0 Å². The smallest absolute Gasteiger partial charge is 0.252 e. The van der Waals surface area contributed by atoms with E-state index in [-0.39, 0.29) is 5.69 Å². The average Bonchev–Trinajstić information content (AvgIpc) is 0.681. The summed E-state index contributed by atoms with van der Waals surface area (Å²) < 4.78 is 37.9. The molecule has 0 aliphatic carbocycles. The number of hydrogen-bond donors (Lipinski definition) is 0. The second-order valence-corrected chi connectivity index (χ2v) is 34.5. The maximum Gasteiger partial charge on any atom is 0.252 e. The minimum absolute atomic E-state index is 0.192. The fraction of sp³-hybridized carbons (Fsp3) is 0. The third kappa shape index (κ3) is 13.1. The van der Waals surface area contributed by atoms with E-state index in [0.717, 1.165) is 200 Å². The molecule has 0 saturated heterocycles. The Bertz CT molecular complexity index is 7490. The molecule has 24 rings (SSSR count). The molecule has 0 spiro atoms. The second kappa shape index (κ2) is 32.6. The van der Waals surface area contributed by atoms with Gasteiger partial charge in [0.1, 0.15) is 17.3 Å². The molecule has 0 atom stereocenters. The van der Waals surface area contributed by atoms with Crippen LogP contribution in [0.15, 0.2) is 489 Å². The predicted octanol–water partition coefficient (Wildman–Crippen LogP) is 29.1. The van der Waals surface area contributed by atoms with Gasteiger partial charge in [0.15, 0.2) is 0 Å². The lowest BCUT2D eigenvalue weighted by molar-refractivity contribution is 0.586. The van der Waals surface area contributed by atoms with Gasteiger partial charge in [-0.15, -0.1) is 0 Å². The molecule has 0 saturated carbocycles. The number of hydrogen-bond acceptors (Lipinski definition) is 6. The first kappa shape index (κ1) is 77.3. The number of rotatable bonds is 17. The zero-order valence-corrected chi connectivity index (χ0v) is 71.5. The lowest BCUT2D eigenvalue weighted by Crippen LogP contribution is -2.64. The summed E-state index contributed by atoms with van der Waals surface area (Å²) in [6.45, 7) is -0.966. The van der Waals surface area contributed by atoms with Crippen molar-refractivity contribution >= 4 is 143 Å². The van der Waals surface area contributed by atoms with Crippen molar-refractivity contribution in [1.82, 2.24) is 0 Å². The summed E-state index contributed by atoms with van der Waals surface area (Å²) in [7, 11) is 0. The molecule has 0 amide bonds. The first-order chi connectivity index (χ1) is 64.4. The minimum Gasteiger partial charge on any atom is -0.310 e. The Labute approximate surface area is 760 Å². The molecule has 610 valence electrons. The largest absolute Gasteiger partial charge is 0.310 e. The zero-order valence-electron chi connectivity index (χ0n) is 70.7. The molecule has 0 N–H and O–H groups in total. The standard InChI is InChI=1S/C120H79B2F2N5S/c123-104-70-39-71-105(124)120(104)129-108-79-112-103(122-101-69-32-34-73-107(101)128(119-98(86-52-23-7-24-53-86)66-38-67-99(119)87-54-25-8-26-55-87)111-76-91(77-113(130-112)115(111)122)126(89-58-29-10-30-59-89)117-94(82-44-15-3-16-45-82)62-36-63-95(117)83-46-17-4-18-47-83)78-102(108)121-100-68-31-33-72-106(100)127(118-96(84-48-19-5-20-49-84)64-37-65-97(118)85-50-21-6-22-51-85)109-74-90(75-110(129)114(109)121)125(88-56-27-9-28-57-88)116-92(80-40-11-1-12-41-80)60-35-61-93(116)81-42-13-2-14-43-81/h1-79H. The molecule has 10 heteroatoms. The van der Waals surface area contributed by atoms with Crippen molar-refractivity contribution in [3.63, 3.8) is 0 Å². The molecule has 130 heavy (non-hydrogen) atoms. The van der Waals surface area contributed by atoms with Gasteiger partial charge in [0.2, 0.25) is 6.71 Å². The summed E-state index contributed by atoms with van der Waals surface area (Å²) in [6, 6.07) is 171. The van der Waals surface area contributed by atoms with E-state index in [1.165, 1.54) is 18.2 Å². The Hall–Kier alpha value is -16.3. The summed E-state index contributed by atoms with van der Waals surface area (Å²) in [5, 5.41) is 0. The first-order valence-electron chi connectivity index (χ1n) is 44.3. The zero-order chi connectivity index (χ0) is 86.3. The quantitative estimate of drug-likeness (QED) is 0.0839. The number of fused-ring (bicyclic) bond motifs is 8. The summed E-state index contributed by atoms with van der Waals surface area (Å²) in [5.74, 6) is -1.41. The lowest BCUT2D eigenvalue weighted by Gasteiger charge is -2.47. The number of nitrogens with zero attached hydrogens (tertiary/aromatic N) is 5. The highest BCUT2D eigenvalue weighted by molar-refractivity contribution is 8.00. The van der Waals surface area contributed by atoms with Gasteiger partial charge in [0.25, 0.3) is 6.71 Å². The molecular formula is C120H79B2F2N5S. The third-order valence-corrected chi connectivity index (χ3v) is 27.3. The van der Waals surface area contributed by atoms with Crippen LogP contribution in [0.1, 0.15) is 0 Å². The fourth-order valence-corrected chi connectivity index (χ4v) is 21.9. The highest BCUT2D eigenvalue weighted by Gasteiger charge is 2.50. The monoisotopic (exact) mass is 1680 g/mol. The van der Waals surface area contributed by atoms with Crippen LogP contribution < -0.4 is 57.3 Å². The molecule has 4 aliphatic heterocycles. The van der Waals surface area contributed by atoms with Gasteiger partial charge in [0.05, 0.1) is 28.4 Å². The topological polar surface area (TPSA) is 16.2 Å². The molecule has 0 fully saturated rings. The molecule has 0 radical (unpaired) electrons. The Morgan fingerprint density at radius 2 is 0.469 bits per heavy atom. The summed E-state index contributed by atoms with van der Waals surface area (Å²) in [6.07, 6.45) is 0. The molecule has 5 nitrogen and oxygen atoms in total. The van der Waals surface area contributed by atoms with Crippen molar-refractivity contribution in [2.24, 2.45) is 0 Å². The van der Waals surface area contributed by atoms with Crippen LogP contribution in [0.3, 0.4) is 0 Å². The third-order valence-electron chi connectivity index (χ3n) is 26.2.